The second-order valence-corrected chi connectivity index (χ2v) is 12.3. The lowest BCUT2D eigenvalue weighted by molar-refractivity contribution is -0.385. The Morgan fingerprint density at radius 3 is 2.41 bits per heavy atom. The fraction of sp³-hybridized carbons (Fsp3) is 0.321. The van der Waals surface area contributed by atoms with Gasteiger partial charge in [0.2, 0.25) is 5.91 Å². The maximum absolute atomic E-state index is 13.9. The highest BCUT2D eigenvalue weighted by Crippen LogP contribution is 2.36. The molecule has 1 atom stereocenters. The highest BCUT2D eigenvalue weighted by atomic mass is 35.5. The first-order valence-electron chi connectivity index (χ1n) is 12.2. The quantitative estimate of drug-likeness (QED) is 0.234. The number of sulfonamides is 1. The summed E-state index contributed by atoms with van der Waals surface area (Å²) in [5, 5.41) is 14.6. The van der Waals surface area contributed by atoms with Crippen LogP contribution in [-0.4, -0.2) is 38.9 Å². The van der Waals surface area contributed by atoms with Crippen LogP contribution in [0.15, 0.2) is 71.6 Å². The molecule has 11 heteroatoms. The first-order chi connectivity index (χ1) is 18.3. The number of halogens is 1. The predicted octanol–water partition coefficient (Wildman–Crippen LogP) is 5.63. The fourth-order valence-corrected chi connectivity index (χ4v) is 6.12. The molecular weight excluding hydrogens is 542 g/mol. The number of aryl methyl sites for hydroxylation is 1. The van der Waals surface area contributed by atoms with E-state index in [1.165, 1.54) is 44.4 Å². The van der Waals surface area contributed by atoms with E-state index in [1.54, 1.807) is 0 Å². The lowest BCUT2D eigenvalue weighted by Crippen LogP contribution is -2.45. The zero-order valence-electron chi connectivity index (χ0n) is 22.5. The van der Waals surface area contributed by atoms with Gasteiger partial charge in [-0.25, -0.2) is 8.42 Å². The van der Waals surface area contributed by atoms with Crippen LogP contribution in [0.2, 0.25) is 5.02 Å². The van der Waals surface area contributed by atoms with Crippen LogP contribution < -0.4 is 14.4 Å². The summed E-state index contributed by atoms with van der Waals surface area (Å²) in [6.07, 6.45) is 0.597. The lowest BCUT2D eigenvalue weighted by atomic mass is 9.79. The molecule has 208 valence electrons. The molecule has 3 rings (SSSR count). The number of carbonyl (C=O) groups is 1. The zero-order chi connectivity index (χ0) is 29.0. The van der Waals surface area contributed by atoms with Gasteiger partial charge in [-0.15, -0.1) is 0 Å². The van der Waals surface area contributed by atoms with Gasteiger partial charge in [0.05, 0.1) is 22.6 Å². The number of nitrogens with one attached hydrogen (secondary N) is 1. The van der Waals surface area contributed by atoms with Crippen LogP contribution in [0.3, 0.4) is 0 Å². The smallest absolute Gasteiger partial charge is 0.273 e. The van der Waals surface area contributed by atoms with E-state index in [0.29, 0.717) is 12.0 Å². The average molecular weight is 574 g/mol. The van der Waals surface area contributed by atoms with Crippen molar-refractivity contribution >= 4 is 38.9 Å². The summed E-state index contributed by atoms with van der Waals surface area (Å²) in [6, 6.07) is 17.6. The lowest BCUT2D eigenvalue weighted by Gasteiger charge is -2.30. The SMILES string of the molecule is COc1ccc(Cl)cc1N(CC(=O)NC(C)CC(C)(C)c1ccccc1)S(=O)(=O)c1ccc(C)c([N+](=O)[O-])c1. The van der Waals surface area contributed by atoms with Crippen molar-refractivity contribution in [2.24, 2.45) is 0 Å². The largest absolute Gasteiger partial charge is 0.495 e. The number of hydrogen-bond donors (Lipinski definition) is 1. The third-order valence-corrected chi connectivity index (χ3v) is 8.43. The Kier molecular flexibility index (Phi) is 9.24. The molecule has 0 heterocycles. The van der Waals surface area contributed by atoms with Gasteiger partial charge in [0, 0.05) is 22.7 Å². The van der Waals surface area contributed by atoms with E-state index in [1.807, 2.05) is 37.3 Å². The predicted molar refractivity (Wildman–Crippen MR) is 152 cm³/mol. The average Bonchev–Trinajstić information content (AvgIpc) is 2.87. The molecular formula is C28H32ClN3O6S. The molecule has 0 aliphatic heterocycles. The molecule has 9 nitrogen and oxygen atoms in total. The van der Waals surface area contributed by atoms with Crippen molar-refractivity contribution in [1.29, 1.82) is 0 Å². The van der Waals surface area contributed by atoms with E-state index in [2.05, 4.69) is 19.2 Å². The van der Waals surface area contributed by atoms with E-state index in [-0.39, 0.29) is 38.5 Å². The van der Waals surface area contributed by atoms with Gasteiger partial charge in [0.15, 0.2) is 0 Å². The van der Waals surface area contributed by atoms with Gasteiger partial charge in [-0.2, -0.15) is 0 Å². The van der Waals surface area contributed by atoms with Crippen molar-refractivity contribution in [2.75, 3.05) is 18.0 Å². The minimum absolute atomic E-state index is 0.0284. The topological polar surface area (TPSA) is 119 Å². The van der Waals surface area contributed by atoms with Crippen LogP contribution in [0.25, 0.3) is 0 Å². The first-order valence-corrected chi connectivity index (χ1v) is 14.0. The van der Waals surface area contributed by atoms with Crippen LogP contribution in [0.1, 0.15) is 38.3 Å². The number of ether oxygens (including phenoxy) is 1. The van der Waals surface area contributed by atoms with E-state index in [4.69, 9.17) is 16.3 Å². The highest BCUT2D eigenvalue weighted by molar-refractivity contribution is 7.92. The van der Waals surface area contributed by atoms with Gasteiger partial charge in [-0.3, -0.25) is 19.2 Å². The number of nitro benzene ring substituents is 1. The normalized spacial score (nSPS) is 12.5. The van der Waals surface area contributed by atoms with Crippen molar-refractivity contribution in [3.63, 3.8) is 0 Å². The molecule has 0 aromatic heterocycles. The standard InChI is InChI=1S/C28H32ClN3O6S/c1-19-11-13-23(16-24(19)32(34)35)39(36,37)31(25-15-22(29)12-14-26(25)38-5)18-27(33)30-20(2)17-28(3,4)21-9-7-6-8-10-21/h6-16,20H,17-18H2,1-5H3,(H,30,33). The van der Waals surface area contributed by atoms with Crippen molar-refractivity contribution in [3.05, 3.63) is 93.0 Å². The Morgan fingerprint density at radius 2 is 1.79 bits per heavy atom. The van der Waals surface area contributed by atoms with E-state index in [9.17, 15) is 23.3 Å². The Morgan fingerprint density at radius 1 is 1.13 bits per heavy atom. The zero-order valence-corrected chi connectivity index (χ0v) is 24.0. The van der Waals surface area contributed by atoms with Crippen LogP contribution >= 0.6 is 11.6 Å². The molecule has 3 aromatic carbocycles. The fourth-order valence-electron chi connectivity index (χ4n) is 4.51. The number of hydrogen-bond acceptors (Lipinski definition) is 6. The van der Waals surface area contributed by atoms with Crippen LogP contribution in [0.4, 0.5) is 11.4 Å². The second-order valence-electron chi connectivity index (χ2n) is 9.96. The molecule has 3 aromatic rings. The second kappa shape index (κ2) is 12.0. The Balaban J connectivity index is 1.96. The van der Waals surface area contributed by atoms with Gasteiger partial charge in [0.25, 0.3) is 15.7 Å². The van der Waals surface area contributed by atoms with Crippen LogP contribution in [0, 0.1) is 17.0 Å². The summed E-state index contributed by atoms with van der Waals surface area (Å²) < 4.78 is 33.9. The van der Waals surface area contributed by atoms with Crippen molar-refractivity contribution in [1.82, 2.24) is 5.32 Å². The number of nitro groups is 1. The van der Waals surface area contributed by atoms with Gasteiger partial charge in [-0.1, -0.05) is 61.8 Å². The van der Waals surface area contributed by atoms with Gasteiger partial charge in [-0.05, 0) is 55.5 Å². The summed E-state index contributed by atoms with van der Waals surface area (Å²) in [5.41, 5.74) is 0.839. The summed E-state index contributed by atoms with van der Waals surface area (Å²) >= 11 is 6.19. The van der Waals surface area contributed by atoms with E-state index >= 15 is 0 Å². The minimum Gasteiger partial charge on any atom is -0.495 e. The summed E-state index contributed by atoms with van der Waals surface area (Å²) in [6.45, 7) is 6.91. The van der Waals surface area contributed by atoms with Crippen molar-refractivity contribution < 1.29 is 22.9 Å². The van der Waals surface area contributed by atoms with Crippen LogP contribution in [-0.2, 0) is 20.2 Å². The summed E-state index contributed by atoms with van der Waals surface area (Å²) in [4.78, 5) is 23.8. The Hall–Kier alpha value is -3.63. The first kappa shape index (κ1) is 29.9. The molecule has 0 saturated carbocycles. The monoisotopic (exact) mass is 573 g/mol. The summed E-state index contributed by atoms with van der Waals surface area (Å²) in [7, 11) is -3.09. The minimum atomic E-state index is -4.46. The van der Waals surface area contributed by atoms with Gasteiger partial charge in [0.1, 0.15) is 12.3 Å². The molecule has 0 saturated heterocycles. The molecule has 0 spiro atoms. The maximum atomic E-state index is 13.9. The number of nitrogens with zero attached hydrogens (tertiary/aromatic N) is 2. The number of benzene rings is 3. The van der Waals surface area contributed by atoms with Gasteiger partial charge < -0.3 is 10.1 Å². The number of anilines is 1. The number of methoxy groups -OCH3 is 1. The highest BCUT2D eigenvalue weighted by Gasteiger charge is 2.32. The summed E-state index contributed by atoms with van der Waals surface area (Å²) in [5.74, 6) is -0.394. The molecule has 1 N–H and O–H groups in total. The molecule has 0 aliphatic rings. The number of amides is 1. The molecule has 1 amide bonds. The van der Waals surface area contributed by atoms with E-state index < -0.39 is 27.4 Å². The molecule has 1 unspecified atom stereocenters. The third kappa shape index (κ3) is 7.07. The van der Waals surface area contributed by atoms with Gasteiger partial charge >= 0.3 is 0 Å². The molecule has 39 heavy (non-hydrogen) atoms. The van der Waals surface area contributed by atoms with Crippen LogP contribution in [0.5, 0.6) is 5.75 Å². The molecule has 0 aliphatic carbocycles. The Bertz CT molecular complexity index is 1460. The number of carbonyl (C=O) groups excluding carboxylic acids is 1. The third-order valence-electron chi connectivity index (χ3n) is 6.44. The van der Waals surface area contributed by atoms with Crippen molar-refractivity contribution in [2.45, 2.75) is 50.5 Å². The molecule has 0 fully saturated rings. The van der Waals surface area contributed by atoms with E-state index in [0.717, 1.165) is 15.9 Å². The Labute approximate surface area is 233 Å². The maximum Gasteiger partial charge on any atom is 0.273 e. The molecule has 0 bridgehead atoms. The van der Waals surface area contributed by atoms with Crippen molar-refractivity contribution in [3.8, 4) is 5.75 Å². The number of rotatable bonds is 11. The molecule has 0 radical (unpaired) electrons.